The molecule has 1 aliphatic carbocycles. The Kier molecular flexibility index (Phi) is 3.27. The Labute approximate surface area is 73.1 Å². The van der Waals surface area contributed by atoms with Gasteiger partial charge in [0.05, 0.1) is 17.2 Å². The maximum atomic E-state index is 5.63. The lowest BCUT2D eigenvalue weighted by Crippen LogP contribution is -2.28. The van der Waals surface area contributed by atoms with E-state index in [2.05, 4.69) is 0 Å². The molecule has 0 aromatic carbocycles. The highest BCUT2D eigenvalue weighted by Gasteiger charge is 2.20. The zero-order valence-corrected chi connectivity index (χ0v) is 7.69. The van der Waals surface area contributed by atoms with Crippen LogP contribution in [0.1, 0.15) is 32.6 Å². The second-order valence-corrected chi connectivity index (χ2v) is 3.69. The fourth-order valence-electron chi connectivity index (χ4n) is 1.17. The number of hydrogen-bond acceptors (Lipinski definition) is 2. The van der Waals surface area contributed by atoms with Gasteiger partial charge in [0.1, 0.15) is 0 Å². The first-order valence-electron chi connectivity index (χ1n) is 4.12. The summed E-state index contributed by atoms with van der Waals surface area (Å²) in [5.41, 5.74) is 5.38. The predicted octanol–water partition coefficient (Wildman–Crippen LogP) is 1.62. The van der Waals surface area contributed by atoms with Crippen molar-refractivity contribution in [3.05, 3.63) is 0 Å². The SMILES string of the molecule is CC(CC(N)=S)OC1CCC1. The molecule has 0 bridgehead atoms. The van der Waals surface area contributed by atoms with Crippen molar-refractivity contribution in [2.45, 2.75) is 44.8 Å². The van der Waals surface area contributed by atoms with Gasteiger partial charge in [0, 0.05) is 6.42 Å². The molecule has 1 unspecified atom stereocenters. The summed E-state index contributed by atoms with van der Waals surface area (Å²) in [5, 5.41) is 0. The van der Waals surface area contributed by atoms with Crippen molar-refractivity contribution in [3.63, 3.8) is 0 Å². The van der Waals surface area contributed by atoms with Gasteiger partial charge in [0.15, 0.2) is 0 Å². The van der Waals surface area contributed by atoms with E-state index in [1.54, 1.807) is 0 Å². The number of ether oxygens (including phenoxy) is 1. The first-order chi connectivity index (χ1) is 5.18. The van der Waals surface area contributed by atoms with Crippen LogP contribution in [0.5, 0.6) is 0 Å². The van der Waals surface area contributed by atoms with Gasteiger partial charge in [-0.15, -0.1) is 0 Å². The molecule has 0 heterocycles. The number of nitrogens with two attached hydrogens (primary N) is 1. The molecule has 0 saturated heterocycles. The molecule has 2 nitrogen and oxygen atoms in total. The molecule has 0 amide bonds. The Balaban J connectivity index is 2.09. The first-order valence-corrected chi connectivity index (χ1v) is 4.53. The predicted molar refractivity (Wildman–Crippen MR) is 49.6 cm³/mol. The summed E-state index contributed by atoms with van der Waals surface area (Å²) in [6, 6.07) is 0. The van der Waals surface area contributed by atoms with Crippen LogP contribution >= 0.6 is 12.2 Å². The molecule has 1 aliphatic rings. The lowest BCUT2D eigenvalue weighted by Gasteiger charge is -2.28. The Morgan fingerprint density at radius 1 is 1.73 bits per heavy atom. The van der Waals surface area contributed by atoms with E-state index < -0.39 is 0 Å². The summed E-state index contributed by atoms with van der Waals surface area (Å²) < 4.78 is 5.63. The monoisotopic (exact) mass is 173 g/mol. The second-order valence-electron chi connectivity index (χ2n) is 3.17. The van der Waals surface area contributed by atoms with Gasteiger partial charge in [-0.25, -0.2) is 0 Å². The van der Waals surface area contributed by atoms with Crippen LogP contribution in [-0.4, -0.2) is 17.2 Å². The van der Waals surface area contributed by atoms with E-state index in [1.807, 2.05) is 6.92 Å². The van der Waals surface area contributed by atoms with E-state index >= 15 is 0 Å². The summed E-state index contributed by atoms with van der Waals surface area (Å²) in [4.78, 5) is 0.553. The molecule has 0 aliphatic heterocycles. The molecule has 1 fully saturated rings. The molecule has 1 rings (SSSR count). The smallest absolute Gasteiger partial charge is 0.0753 e. The molecule has 11 heavy (non-hydrogen) atoms. The fraction of sp³-hybridized carbons (Fsp3) is 0.875. The van der Waals surface area contributed by atoms with E-state index in [-0.39, 0.29) is 6.10 Å². The lowest BCUT2D eigenvalue weighted by molar-refractivity contribution is -0.0394. The molecule has 64 valence electrons. The number of rotatable bonds is 4. The standard InChI is InChI=1S/C8H15NOS/c1-6(5-8(9)11)10-7-3-2-4-7/h6-7H,2-5H2,1H3,(H2,9,11). The molecule has 0 spiro atoms. The van der Waals surface area contributed by atoms with Crippen LogP contribution in [0, 0.1) is 0 Å². The van der Waals surface area contributed by atoms with Crippen molar-refractivity contribution in [1.29, 1.82) is 0 Å². The van der Waals surface area contributed by atoms with Gasteiger partial charge in [-0.2, -0.15) is 0 Å². The first kappa shape index (κ1) is 8.94. The molecular weight excluding hydrogens is 158 g/mol. The molecule has 3 heteroatoms. The van der Waals surface area contributed by atoms with Crippen molar-refractivity contribution in [2.75, 3.05) is 0 Å². The minimum atomic E-state index is 0.206. The summed E-state index contributed by atoms with van der Waals surface area (Å²) >= 11 is 4.78. The molecular formula is C8H15NOS. The highest BCUT2D eigenvalue weighted by molar-refractivity contribution is 7.80. The highest BCUT2D eigenvalue weighted by atomic mass is 32.1. The summed E-state index contributed by atoms with van der Waals surface area (Å²) in [6.07, 6.45) is 5.14. The van der Waals surface area contributed by atoms with Gasteiger partial charge in [-0.1, -0.05) is 12.2 Å². The van der Waals surface area contributed by atoms with Crippen LogP contribution in [0.4, 0.5) is 0 Å². The van der Waals surface area contributed by atoms with Crippen molar-refractivity contribution in [2.24, 2.45) is 5.73 Å². The molecule has 0 aromatic rings. The summed E-state index contributed by atoms with van der Waals surface area (Å²) in [5.74, 6) is 0. The van der Waals surface area contributed by atoms with Crippen LogP contribution in [0.15, 0.2) is 0 Å². The van der Waals surface area contributed by atoms with E-state index in [4.69, 9.17) is 22.7 Å². The minimum absolute atomic E-state index is 0.206. The molecule has 1 atom stereocenters. The van der Waals surface area contributed by atoms with Crippen LogP contribution in [-0.2, 0) is 4.74 Å². The van der Waals surface area contributed by atoms with Crippen molar-refractivity contribution < 1.29 is 4.74 Å². The number of thiocarbonyl (C=S) groups is 1. The second kappa shape index (κ2) is 4.02. The summed E-state index contributed by atoms with van der Waals surface area (Å²) in [7, 11) is 0. The minimum Gasteiger partial charge on any atom is -0.393 e. The quantitative estimate of drug-likeness (QED) is 0.656. The highest BCUT2D eigenvalue weighted by Crippen LogP contribution is 2.23. The number of hydrogen-bond donors (Lipinski definition) is 1. The van der Waals surface area contributed by atoms with Gasteiger partial charge in [-0.05, 0) is 26.2 Å². The zero-order chi connectivity index (χ0) is 8.27. The fourth-order valence-corrected chi connectivity index (χ4v) is 1.40. The largest absolute Gasteiger partial charge is 0.393 e. The lowest BCUT2D eigenvalue weighted by atomic mass is 9.96. The molecule has 1 saturated carbocycles. The van der Waals surface area contributed by atoms with Crippen molar-refractivity contribution in [3.8, 4) is 0 Å². The third-order valence-electron chi connectivity index (χ3n) is 1.97. The Hall–Kier alpha value is -0.150. The van der Waals surface area contributed by atoms with Gasteiger partial charge in [-0.3, -0.25) is 0 Å². The van der Waals surface area contributed by atoms with E-state index in [0.717, 1.165) is 0 Å². The molecule has 2 N–H and O–H groups in total. The maximum absolute atomic E-state index is 5.63. The van der Waals surface area contributed by atoms with E-state index in [9.17, 15) is 0 Å². The van der Waals surface area contributed by atoms with E-state index in [0.29, 0.717) is 17.5 Å². The Bertz CT molecular complexity index is 145. The average molecular weight is 173 g/mol. The van der Waals surface area contributed by atoms with Crippen molar-refractivity contribution >= 4 is 17.2 Å². The van der Waals surface area contributed by atoms with Gasteiger partial charge < -0.3 is 10.5 Å². The van der Waals surface area contributed by atoms with Crippen LogP contribution in [0.2, 0.25) is 0 Å². The zero-order valence-electron chi connectivity index (χ0n) is 6.88. The normalized spacial score (nSPS) is 20.8. The van der Waals surface area contributed by atoms with Gasteiger partial charge in [0.25, 0.3) is 0 Å². The van der Waals surface area contributed by atoms with Crippen LogP contribution in [0.25, 0.3) is 0 Å². The summed E-state index contributed by atoms with van der Waals surface area (Å²) in [6.45, 7) is 2.03. The van der Waals surface area contributed by atoms with Crippen LogP contribution < -0.4 is 5.73 Å². The van der Waals surface area contributed by atoms with Gasteiger partial charge >= 0.3 is 0 Å². The third kappa shape index (κ3) is 3.16. The molecule has 0 radical (unpaired) electrons. The topological polar surface area (TPSA) is 35.2 Å². The average Bonchev–Trinajstić information content (AvgIpc) is 1.77. The van der Waals surface area contributed by atoms with Crippen molar-refractivity contribution in [1.82, 2.24) is 0 Å². The Morgan fingerprint density at radius 2 is 2.36 bits per heavy atom. The van der Waals surface area contributed by atoms with E-state index in [1.165, 1.54) is 19.3 Å². The van der Waals surface area contributed by atoms with Gasteiger partial charge in [0.2, 0.25) is 0 Å². The Morgan fingerprint density at radius 3 is 2.73 bits per heavy atom. The van der Waals surface area contributed by atoms with Crippen LogP contribution in [0.3, 0.4) is 0 Å². The molecule has 0 aromatic heterocycles. The maximum Gasteiger partial charge on any atom is 0.0753 e. The third-order valence-corrected chi connectivity index (χ3v) is 2.13.